The Morgan fingerprint density at radius 1 is 1.31 bits per heavy atom. The third kappa shape index (κ3) is 2.95. The number of hydrogen-bond donors (Lipinski definition) is 1. The van der Waals surface area contributed by atoms with E-state index in [2.05, 4.69) is 0 Å². The summed E-state index contributed by atoms with van der Waals surface area (Å²) in [6.07, 6.45) is 4.69. The second kappa shape index (κ2) is 5.64. The van der Waals surface area contributed by atoms with Crippen LogP contribution in [0.25, 0.3) is 0 Å². The Hall–Kier alpha value is -0.610. The van der Waals surface area contributed by atoms with Crippen LogP contribution in [-0.2, 0) is 9.53 Å². The summed E-state index contributed by atoms with van der Waals surface area (Å²) in [6.45, 7) is 2.67. The maximum Gasteiger partial charge on any atom is 0.225 e. The van der Waals surface area contributed by atoms with E-state index in [0.29, 0.717) is 12.3 Å². The summed E-state index contributed by atoms with van der Waals surface area (Å²) in [6, 6.07) is 0. The van der Waals surface area contributed by atoms with E-state index in [1.54, 1.807) is 0 Å². The van der Waals surface area contributed by atoms with E-state index in [-0.39, 0.29) is 18.6 Å². The van der Waals surface area contributed by atoms with Gasteiger partial charge in [0.15, 0.2) is 0 Å². The van der Waals surface area contributed by atoms with Crippen LogP contribution in [0.5, 0.6) is 0 Å². The first-order chi connectivity index (χ1) is 7.79. The third-order valence-corrected chi connectivity index (χ3v) is 3.65. The fourth-order valence-corrected chi connectivity index (χ4v) is 2.49. The lowest BCUT2D eigenvalue weighted by Crippen LogP contribution is -2.40. The number of hydrogen-bond acceptors (Lipinski definition) is 3. The molecule has 4 heteroatoms. The molecule has 1 N–H and O–H groups in total. The molecular formula is C12H21NO3. The lowest BCUT2D eigenvalue weighted by molar-refractivity contribution is -0.135. The first-order valence-electron chi connectivity index (χ1n) is 6.30. The van der Waals surface area contributed by atoms with Crippen LogP contribution in [0.3, 0.4) is 0 Å². The SMILES string of the molecule is O=C(CC1CCCO1)N1CCC(CO)CC1. The van der Waals surface area contributed by atoms with Crippen molar-refractivity contribution in [2.75, 3.05) is 26.3 Å². The molecular weight excluding hydrogens is 206 g/mol. The topological polar surface area (TPSA) is 49.8 Å². The zero-order valence-electron chi connectivity index (χ0n) is 9.73. The molecule has 0 aromatic rings. The predicted octanol–water partition coefficient (Wildman–Crippen LogP) is 0.786. The van der Waals surface area contributed by atoms with Gasteiger partial charge in [-0.25, -0.2) is 0 Å². The maximum absolute atomic E-state index is 11.9. The zero-order valence-corrected chi connectivity index (χ0v) is 9.73. The number of amides is 1. The maximum atomic E-state index is 11.9. The molecule has 1 unspecified atom stereocenters. The van der Waals surface area contributed by atoms with Crippen molar-refractivity contribution in [3.05, 3.63) is 0 Å². The average molecular weight is 227 g/mol. The molecule has 0 aromatic heterocycles. The summed E-state index contributed by atoms with van der Waals surface area (Å²) in [7, 11) is 0. The van der Waals surface area contributed by atoms with E-state index in [1.807, 2.05) is 4.90 Å². The Bertz CT molecular complexity index is 230. The summed E-state index contributed by atoms with van der Waals surface area (Å²) in [5.74, 6) is 0.620. The van der Waals surface area contributed by atoms with Crippen LogP contribution < -0.4 is 0 Å². The van der Waals surface area contributed by atoms with Gasteiger partial charge in [-0.15, -0.1) is 0 Å². The van der Waals surface area contributed by atoms with Gasteiger partial charge in [0.05, 0.1) is 12.5 Å². The fourth-order valence-electron chi connectivity index (χ4n) is 2.49. The number of nitrogens with zero attached hydrogens (tertiary/aromatic N) is 1. The molecule has 0 aliphatic carbocycles. The van der Waals surface area contributed by atoms with Crippen LogP contribution in [-0.4, -0.2) is 48.3 Å². The minimum absolute atomic E-state index is 0.156. The van der Waals surface area contributed by atoms with Gasteiger partial charge in [-0.3, -0.25) is 4.79 Å². The van der Waals surface area contributed by atoms with Crippen molar-refractivity contribution in [2.45, 2.75) is 38.2 Å². The van der Waals surface area contributed by atoms with Crippen molar-refractivity contribution < 1.29 is 14.6 Å². The number of carbonyl (C=O) groups is 1. The third-order valence-electron chi connectivity index (χ3n) is 3.65. The van der Waals surface area contributed by atoms with Crippen molar-refractivity contribution in [3.63, 3.8) is 0 Å². The van der Waals surface area contributed by atoms with Crippen LogP contribution >= 0.6 is 0 Å². The average Bonchev–Trinajstić information content (AvgIpc) is 2.82. The van der Waals surface area contributed by atoms with Gasteiger partial charge in [0.25, 0.3) is 0 Å². The van der Waals surface area contributed by atoms with E-state index in [1.165, 1.54) is 0 Å². The van der Waals surface area contributed by atoms with E-state index in [0.717, 1.165) is 45.4 Å². The summed E-state index contributed by atoms with van der Waals surface area (Å²) in [5.41, 5.74) is 0. The zero-order chi connectivity index (χ0) is 11.4. The second-order valence-electron chi connectivity index (χ2n) is 4.85. The number of ether oxygens (including phenoxy) is 1. The monoisotopic (exact) mass is 227 g/mol. The molecule has 0 radical (unpaired) electrons. The number of aliphatic hydroxyl groups is 1. The lowest BCUT2D eigenvalue weighted by Gasteiger charge is -2.31. The molecule has 1 amide bonds. The number of rotatable bonds is 3. The number of likely N-dealkylation sites (tertiary alicyclic amines) is 1. The van der Waals surface area contributed by atoms with Gasteiger partial charge < -0.3 is 14.7 Å². The predicted molar refractivity (Wildman–Crippen MR) is 60.0 cm³/mol. The molecule has 0 aromatic carbocycles. The molecule has 2 aliphatic heterocycles. The van der Waals surface area contributed by atoms with Gasteiger partial charge in [-0.2, -0.15) is 0 Å². The van der Waals surface area contributed by atoms with Gasteiger partial charge in [0.1, 0.15) is 0 Å². The number of piperidine rings is 1. The summed E-state index contributed by atoms with van der Waals surface area (Å²) >= 11 is 0. The Kier molecular flexibility index (Phi) is 4.18. The van der Waals surface area contributed by atoms with E-state index in [4.69, 9.17) is 9.84 Å². The largest absolute Gasteiger partial charge is 0.396 e. The minimum Gasteiger partial charge on any atom is -0.396 e. The van der Waals surface area contributed by atoms with Crippen molar-refractivity contribution in [2.24, 2.45) is 5.92 Å². The van der Waals surface area contributed by atoms with Gasteiger partial charge in [-0.1, -0.05) is 0 Å². The van der Waals surface area contributed by atoms with Crippen LogP contribution in [0.15, 0.2) is 0 Å². The first kappa shape index (κ1) is 11.9. The molecule has 2 saturated heterocycles. The molecule has 2 aliphatic rings. The van der Waals surface area contributed by atoms with Gasteiger partial charge in [0.2, 0.25) is 5.91 Å². The quantitative estimate of drug-likeness (QED) is 0.775. The van der Waals surface area contributed by atoms with E-state index >= 15 is 0 Å². The van der Waals surface area contributed by atoms with Crippen molar-refractivity contribution in [1.29, 1.82) is 0 Å². The Balaban J connectivity index is 1.73. The fraction of sp³-hybridized carbons (Fsp3) is 0.917. The van der Waals surface area contributed by atoms with Crippen molar-refractivity contribution in [3.8, 4) is 0 Å². The summed E-state index contributed by atoms with van der Waals surface area (Å²) in [5, 5.41) is 9.02. The van der Waals surface area contributed by atoms with E-state index < -0.39 is 0 Å². The standard InChI is InChI=1S/C12H21NO3/c14-9-10-3-5-13(6-4-10)12(15)8-11-2-1-7-16-11/h10-11,14H,1-9H2. The Morgan fingerprint density at radius 3 is 2.62 bits per heavy atom. The molecule has 0 spiro atoms. The molecule has 2 rings (SSSR count). The first-order valence-corrected chi connectivity index (χ1v) is 6.30. The molecule has 2 fully saturated rings. The Labute approximate surface area is 96.6 Å². The molecule has 0 bridgehead atoms. The highest BCUT2D eigenvalue weighted by atomic mass is 16.5. The lowest BCUT2D eigenvalue weighted by atomic mass is 9.97. The molecule has 2 heterocycles. The summed E-state index contributed by atoms with van der Waals surface area (Å²) < 4.78 is 5.47. The highest BCUT2D eigenvalue weighted by Gasteiger charge is 2.25. The number of aliphatic hydroxyl groups excluding tert-OH is 1. The second-order valence-corrected chi connectivity index (χ2v) is 4.85. The van der Waals surface area contributed by atoms with Crippen LogP contribution in [0.2, 0.25) is 0 Å². The molecule has 92 valence electrons. The van der Waals surface area contributed by atoms with Crippen LogP contribution in [0, 0.1) is 5.92 Å². The summed E-state index contributed by atoms with van der Waals surface area (Å²) in [4.78, 5) is 13.9. The van der Waals surface area contributed by atoms with E-state index in [9.17, 15) is 4.79 Å². The molecule has 4 nitrogen and oxygen atoms in total. The molecule has 16 heavy (non-hydrogen) atoms. The van der Waals surface area contributed by atoms with Gasteiger partial charge >= 0.3 is 0 Å². The molecule has 0 saturated carbocycles. The minimum atomic E-state index is 0.156. The Morgan fingerprint density at radius 2 is 2.06 bits per heavy atom. The normalized spacial score (nSPS) is 27.3. The molecule has 1 atom stereocenters. The highest BCUT2D eigenvalue weighted by Crippen LogP contribution is 2.20. The van der Waals surface area contributed by atoms with Gasteiger partial charge in [-0.05, 0) is 31.6 Å². The van der Waals surface area contributed by atoms with Crippen LogP contribution in [0.4, 0.5) is 0 Å². The highest BCUT2D eigenvalue weighted by molar-refractivity contribution is 5.76. The smallest absolute Gasteiger partial charge is 0.225 e. The van der Waals surface area contributed by atoms with Crippen molar-refractivity contribution >= 4 is 5.91 Å². The van der Waals surface area contributed by atoms with Crippen LogP contribution in [0.1, 0.15) is 32.1 Å². The van der Waals surface area contributed by atoms with Crippen molar-refractivity contribution in [1.82, 2.24) is 4.90 Å². The number of carbonyl (C=O) groups excluding carboxylic acids is 1. The van der Waals surface area contributed by atoms with Gasteiger partial charge in [0, 0.05) is 26.3 Å².